The molecule has 0 fully saturated rings. The molecular formula is C13H15N3OS. The molecule has 0 saturated heterocycles. The summed E-state index contributed by atoms with van der Waals surface area (Å²) in [7, 11) is 0. The van der Waals surface area contributed by atoms with Gasteiger partial charge >= 0.3 is 5.69 Å². The number of hydrogen-bond acceptors (Lipinski definition) is 3. The van der Waals surface area contributed by atoms with Crippen molar-refractivity contribution in [1.29, 1.82) is 0 Å². The largest absolute Gasteiger partial charge is 0.328 e. The molecule has 0 aliphatic carbocycles. The zero-order valence-electron chi connectivity index (χ0n) is 10.2. The first-order valence-electron chi connectivity index (χ1n) is 5.76. The highest BCUT2D eigenvalue weighted by Gasteiger charge is 2.04. The van der Waals surface area contributed by atoms with Gasteiger partial charge in [0, 0.05) is 34.8 Å². The summed E-state index contributed by atoms with van der Waals surface area (Å²) in [5.74, 6) is 5.80. The number of imidazole rings is 1. The molecule has 4 nitrogen and oxygen atoms in total. The molecule has 2 aromatic heterocycles. The van der Waals surface area contributed by atoms with E-state index in [0.717, 1.165) is 10.4 Å². The van der Waals surface area contributed by atoms with E-state index in [2.05, 4.69) is 11.8 Å². The van der Waals surface area contributed by atoms with Crippen molar-refractivity contribution in [3.63, 3.8) is 0 Å². The first-order valence-corrected chi connectivity index (χ1v) is 6.64. The lowest BCUT2D eigenvalue weighted by Gasteiger charge is -1.97. The van der Waals surface area contributed by atoms with Crippen molar-refractivity contribution in [3.8, 4) is 11.8 Å². The van der Waals surface area contributed by atoms with Gasteiger partial charge in [0.2, 0.25) is 0 Å². The molecule has 2 aromatic rings. The van der Waals surface area contributed by atoms with Crippen LogP contribution in [0.2, 0.25) is 0 Å². The molecule has 94 valence electrons. The fourth-order valence-corrected chi connectivity index (χ4v) is 2.48. The van der Waals surface area contributed by atoms with Gasteiger partial charge in [0.05, 0.1) is 13.1 Å². The predicted molar refractivity (Wildman–Crippen MR) is 73.7 cm³/mol. The standard InChI is InChI=1S/C13H15N3OS/c1-2-15-6-7-16(13(15)17)9-12-8-11(10-18-12)4-3-5-14/h6-8,10H,2,5,9,14H2,1H3. The fraction of sp³-hybridized carbons (Fsp3) is 0.308. The van der Waals surface area contributed by atoms with Crippen LogP contribution in [0.15, 0.2) is 28.6 Å². The molecule has 0 unspecified atom stereocenters. The SMILES string of the molecule is CCn1ccn(Cc2cc(C#CCN)cs2)c1=O. The molecule has 0 aliphatic heterocycles. The molecule has 2 rings (SSSR count). The smallest absolute Gasteiger partial charge is 0.320 e. The fourth-order valence-electron chi connectivity index (χ4n) is 1.66. The highest BCUT2D eigenvalue weighted by Crippen LogP contribution is 2.14. The van der Waals surface area contributed by atoms with Gasteiger partial charge in [0.1, 0.15) is 0 Å². The van der Waals surface area contributed by atoms with Gasteiger partial charge < -0.3 is 5.73 Å². The maximum Gasteiger partial charge on any atom is 0.328 e. The van der Waals surface area contributed by atoms with E-state index in [-0.39, 0.29) is 5.69 Å². The lowest BCUT2D eigenvalue weighted by molar-refractivity contribution is 0.671. The van der Waals surface area contributed by atoms with Crippen LogP contribution < -0.4 is 11.4 Å². The Hall–Kier alpha value is -1.77. The van der Waals surface area contributed by atoms with Gasteiger partial charge in [-0.15, -0.1) is 11.3 Å². The summed E-state index contributed by atoms with van der Waals surface area (Å²) in [5, 5.41) is 1.99. The van der Waals surface area contributed by atoms with Gasteiger partial charge in [-0.25, -0.2) is 4.79 Å². The summed E-state index contributed by atoms with van der Waals surface area (Å²) in [6.07, 6.45) is 3.63. The van der Waals surface area contributed by atoms with E-state index in [1.54, 1.807) is 20.5 Å². The summed E-state index contributed by atoms with van der Waals surface area (Å²) >= 11 is 1.61. The van der Waals surface area contributed by atoms with Crippen molar-refractivity contribution in [2.24, 2.45) is 5.73 Å². The minimum atomic E-state index is 0.0282. The van der Waals surface area contributed by atoms with Crippen LogP contribution in [0.1, 0.15) is 17.4 Å². The van der Waals surface area contributed by atoms with Crippen LogP contribution in [0.5, 0.6) is 0 Å². The number of thiophene rings is 1. The van der Waals surface area contributed by atoms with E-state index < -0.39 is 0 Å². The molecule has 0 saturated carbocycles. The minimum absolute atomic E-state index is 0.0282. The van der Waals surface area contributed by atoms with Crippen LogP contribution in [0.3, 0.4) is 0 Å². The predicted octanol–water partition coefficient (Wildman–Crippen LogP) is 1.09. The third kappa shape index (κ3) is 2.73. The average Bonchev–Trinajstić information content (AvgIpc) is 2.96. The van der Waals surface area contributed by atoms with E-state index in [1.165, 1.54) is 0 Å². The molecule has 0 atom stereocenters. The maximum atomic E-state index is 11.9. The number of rotatable bonds is 3. The maximum absolute atomic E-state index is 11.9. The van der Waals surface area contributed by atoms with E-state index >= 15 is 0 Å². The topological polar surface area (TPSA) is 52.9 Å². The molecule has 0 bridgehead atoms. The van der Waals surface area contributed by atoms with Crippen molar-refractivity contribution in [3.05, 3.63) is 44.8 Å². The molecule has 0 amide bonds. The van der Waals surface area contributed by atoms with Gasteiger partial charge in [-0.3, -0.25) is 9.13 Å². The van der Waals surface area contributed by atoms with Gasteiger partial charge in [-0.2, -0.15) is 0 Å². The molecule has 0 spiro atoms. The van der Waals surface area contributed by atoms with Gasteiger partial charge in [-0.05, 0) is 13.0 Å². The zero-order valence-corrected chi connectivity index (χ0v) is 11.0. The van der Waals surface area contributed by atoms with E-state index in [9.17, 15) is 4.79 Å². The van der Waals surface area contributed by atoms with Crippen molar-refractivity contribution in [2.45, 2.75) is 20.0 Å². The van der Waals surface area contributed by atoms with E-state index in [4.69, 9.17) is 5.73 Å². The quantitative estimate of drug-likeness (QED) is 0.841. The summed E-state index contributed by atoms with van der Waals surface area (Å²) in [6.45, 7) is 3.62. The van der Waals surface area contributed by atoms with Crippen molar-refractivity contribution < 1.29 is 0 Å². The van der Waals surface area contributed by atoms with Crippen LogP contribution in [-0.2, 0) is 13.1 Å². The minimum Gasteiger partial charge on any atom is -0.320 e. The lowest BCUT2D eigenvalue weighted by atomic mass is 10.3. The Bertz CT molecular complexity index is 639. The number of hydrogen-bond donors (Lipinski definition) is 1. The van der Waals surface area contributed by atoms with E-state index in [1.807, 2.05) is 30.8 Å². The molecule has 2 heterocycles. The number of nitrogens with zero attached hydrogens (tertiary/aromatic N) is 2. The molecule has 0 aliphatic rings. The monoisotopic (exact) mass is 261 g/mol. The first kappa shape index (κ1) is 12.7. The van der Waals surface area contributed by atoms with Crippen LogP contribution in [0.25, 0.3) is 0 Å². The zero-order chi connectivity index (χ0) is 13.0. The molecule has 0 aromatic carbocycles. The third-order valence-electron chi connectivity index (χ3n) is 2.57. The molecule has 0 radical (unpaired) electrons. The van der Waals surface area contributed by atoms with Gasteiger partial charge in [-0.1, -0.05) is 11.8 Å². The van der Waals surface area contributed by atoms with Crippen molar-refractivity contribution in [2.75, 3.05) is 6.54 Å². The second kappa shape index (κ2) is 5.71. The van der Waals surface area contributed by atoms with Gasteiger partial charge in [0.25, 0.3) is 0 Å². The van der Waals surface area contributed by atoms with Crippen LogP contribution in [0.4, 0.5) is 0 Å². The number of nitrogens with two attached hydrogens (primary N) is 1. The Balaban J connectivity index is 2.16. The van der Waals surface area contributed by atoms with Crippen molar-refractivity contribution in [1.82, 2.24) is 9.13 Å². The molecule has 2 N–H and O–H groups in total. The highest BCUT2D eigenvalue weighted by molar-refractivity contribution is 7.10. The van der Waals surface area contributed by atoms with E-state index in [0.29, 0.717) is 19.6 Å². The first-order chi connectivity index (χ1) is 8.74. The second-order valence-corrected chi connectivity index (χ2v) is 4.80. The summed E-state index contributed by atoms with van der Waals surface area (Å²) < 4.78 is 3.39. The van der Waals surface area contributed by atoms with Crippen LogP contribution in [0, 0.1) is 11.8 Å². The lowest BCUT2D eigenvalue weighted by Crippen LogP contribution is -2.23. The summed E-state index contributed by atoms with van der Waals surface area (Å²) in [6, 6.07) is 2.00. The Labute approximate surface area is 110 Å². The Morgan fingerprint density at radius 1 is 1.39 bits per heavy atom. The summed E-state index contributed by atoms with van der Waals surface area (Å²) in [5.41, 5.74) is 6.32. The molecular weight excluding hydrogens is 246 g/mol. The Morgan fingerprint density at radius 3 is 2.83 bits per heavy atom. The van der Waals surface area contributed by atoms with Gasteiger partial charge in [0.15, 0.2) is 0 Å². The Kier molecular flexibility index (Phi) is 4.03. The molecule has 18 heavy (non-hydrogen) atoms. The second-order valence-electron chi connectivity index (χ2n) is 3.80. The highest BCUT2D eigenvalue weighted by atomic mass is 32.1. The number of aromatic nitrogens is 2. The normalized spacial score (nSPS) is 10.1. The molecule has 5 heteroatoms. The summed E-state index contributed by atoms with van der Waals surface area (Å²) in [4.78, 5) is 13.0. The van der Waals surface area contributed by atoms with Crippen molar-refractivity contribution >= 4 is 11.3 Å². The van der Waals surface area contributed by atoms with Crippen LogP contribution in [-0.4, -0.2) is 15.7 Å². The third-order valence-corrected chi connectivity index (χ3v) is 3.49. The Morgan fingerprint density at radius 2 is 2.17 bits per heavy atom. The average molecular weight is 261 g/mol. The number of aryl methyl sites for hydroxylation is 1. The van der Waals surface area contributed by atoms with Crippen LogP contribution >= 0.6 is 11.3 Å².